The monoisotopic (exact) mass is 339 g/mol. The number of amides is 1. The van der Waals surface area contributed by atoms with E-state index >= 15 is 0 Å². The van der Waals surface area contributed by atoms with Crippen LogP contribution in [0.2, 0.25) is 0 Å². The number of hydrogen-bond acceptors (Lipinski definition) is 4. The molecule has 1 saturated heterocycles. The van der Waals surface area contributed by atoms with Gasteiger partial charge in [0.25, 0.3) is 0 Å². The van der Waals surface area contributed by atoms with Crippen LogP contribution < -0.4 is 9.62 Å². The number of sulfonamides is 1. The second kappa shape index (κ2) is 7.21. The highest BCUT2D eigenvalue weighted by Gasteiger charge is 2.28. The molecule has 6 nitrogen and oxygen atoms in total. The molecule has 1 aliphatic heterocycles. The van der Waals surface area contributed by atoms with Crippen LogP contribution in [0.4, 0.5) is 11.4 Å². The number of nitrogens with zero attached hydrogens (tertiary/aromatic N) is 2. The van der Waals surface area contributed by atoms with E-state index in [1.165, 1.54) is 4.31 Å². The number of hydrogen-bond donors (Lipinski definition) is 1. The maximum absolute atomic E-state index is 12.2. The molecule has 1 N–H and O–H groups in total. The van der Waals surface area contributed by atoms with Crippen LogP contribution in [0.25, 0.3) is 0 Å². The first kappa shape index (κ1) is 17.6. The van der Waals surface area contributed by atoms with Crippen LogP contribution in [-0.2, 0) is 14.8 Å². The summed E-state index contributed by atoms with van der Waals surface area (Å²) in [5.74, 6) is 0.267. The lowest BCUT2D eigenvalue weighted by molar-refractivity contribution is -0.131. The molecule has 7 heteroatoms. The molecule has 0 aliphatic carbocycles. The molecule has 128 valence electrons. The third kappa shape index (κ3) is 3.96. The molecule has 1 fully saturated rings. The van der Waals surface area contributed by atoms with E-state index in [1.54, 1.807) is 17.0 Å². The summed E-state index contributed by atoms with van der Waals surface area (Å²) in [7, 11) is -3.16. The summed E-state index contributed by atoms with van der Waals surface area (Å²) < 4.78 is 25.3. The van der Waals surface area contributed by atoms with Gasteiger partial charge in [-0.05, 0) is 51.5 Å². The summed E-state index contributed by atoms with van der Waals surface area (Å²) in [4.78, 5) is 14.0. The Kier molecular flexibility index (Phi) is 5.51. The van der Waals surface area contributed by atoms with Gasteiger partial charge in [-0.25, -0.2) is 8.42 Å². The van der Waals surface area contributed by atoms with Crippen molar-refractivity contribution >= 4 is 27.3 Å². The van der Waals surface area contributed by atoms with Gasteiger partial charge >= 0.3 is 0 Å². The Morgan fingerprint density at radius 3 is 2.35 bits per heavy atom. The maximum atomic E-state index is 12.2. The van der Waals surface area contributed by atoms with E-state index in [-0.39, 0.29) is 17.7 Å². The standard InChI is InChI=1S/C16H25N3O3S/c1-4-18(5-2)16(20)13(3)17-14-7-9-15(10-8-14)19-11-6-12-23(19,21)22/h7-10,13,17H,4-6,11-12H2,1-3H3. The van der Waals surface area contributed by atoms with Crippen molar-refractivity contribution in [3.05, 3.63) is 24.3 Å². The third-order valence-corrected chi connectivity index (χ3v) is 5.95. The van der Waals surface area contributed by atoms with Crippen molar-refractivity contribution in [3.63, 3.8) is 0 Å². The minimum Gasteiger partial charge on any atom is -0.374 e. The molecule has 0 aromatic heterocycles. The average Bonchev–Trinajstić information content (AvgIpc) is 2.88. The molecule has 1 heterocycles. The normalized spacial score (nSPS) is 17.8. The van der Waals surface area contributed by atoms with E-state index in [0.717, 1.165) is 5.69 Å². The van der Waals surface area contributed by atoms with Gasteiger partial charge in [-0.3, -0.25) is 9.10 Å². The van der Waals surface area contributed by atoms with Crippen molar-refractivity contribution < 1.29 is 13.2 Å². The van der Waals surface area contributed by atoms with Crippen LogP contribution in [0.15, 0.2) is 24.3 Å². The Labute approximate surface area is 138 Å². The summed E-state index contributed by atoms with van der Waals surface area (Å²) >= 11 is 0. The fourth-order valence-electron chi connectivity index (χ4n) is 2.77. The average molecular weight is 339 g/mol. The first-order chi connectivity index (χ1) is 10.9. The fraction of sp³-hybridized carbons (Fsp3) is 0.562. The first-order valence-electron chi connectivity index (χ1n) is 8.04. The van der Waals surface area contributed by atoms with Crippen molar-refractivity contribution in [3.8, 4) is 0 Å². The van der Waals surface area contributed by atoms with Gasteiger partial charge in [0.1, 0.15) is 6.04 Å². The quantitative estimate of drug-likeness (QED) is 0.859. The molecule has 0 spiro atoms. The zero-order valence-electron chi connectivity index (χ0n) is 13.9. The largest absolute Gasteiger partial charge is 0.374 e. The van der Waals surface area contributed by atoms with Crippen LogP contribution in [0.5, 0.6) is 0 Å². The van der Waals surface area contributed by atoms with Gasteiger partial charge in [-0.15, -0.1) is 0 Å². The number of likely N-dealkylation sites (N-methyl/N-ethyl adjacent to an activating group) is 1. The molecule has 1 aromatic carbocycles. The molecule has 2 rings (SSSR count). The summed E-state index contributed by atoms with van der Waals surface area (Å²) in [5.41, 5.74) is 1.48. The molecule has 1 amide bonds. The predicted octanol–water partition coefficient (Wildman–Crippen LogP) is 1.90. The van der Waals surface area contributed by atoms with Gasteiger partial charge in [0, 0.05) is 25.3 Å². The Morgan fingerprint density at radius 1 is 1.26 bits per heavy atom. The lowest BCUT2D eigenvalue weighted by atomic mass is 10.2. The smallest absolute Gasteiger partial charge is 0.244 e. The van der Waals surface area contributed by atoms with Crippen molar-refractivity contribution in [1.29, 1.82) is 0 Å². The molecular weight excluding hydrogens is 314 g/mol. The minimum absolute atomic E-state index is 0.0567. The van der Waals surface area contributed by atoms with Gasteiger partial charge in [0.05, 0.1) is 11.4 Å². The number of rotatable bonds is 6. The highest BCUT2D eigenvalue weighted by molar-refractivity contribution is 7.93. The predicted molar refractivity (Wildman–Crippen MR) is 93.2 cm³/mol. The highest BCUT2D eigenvalue weighted by atomic mass is 32.2. The number of anilines is 2. The fourth-order valence-corrected chi connectivity index (χ4v) is 4.34. The molecule has 1 aliphatic rings. The SMILES string of the molecule is CCN(CC)C(=O)C(C)Nc1ccc(N2CCCS2(=O)=O)cc1. The summed E-state index contributed by atoms with van der Waals surface area (Å²) in [5, 5.41) is 3.17. The van der Waals surface area contributed by atoms with Crippen molar-refractivity contribution in [1.82, 2.24) is 4.90 Å². The van der Waals surface area contributed by atoms with Crippen LogP contribution in [0, 0.1) is 0 Å². The molecule has 0 saturated carbocycles. The summed E-state index contributed by atoms with van der Waals surface area (Å²) in [6.07, 6.45) is 0.664. The lowest BCUT2D eigenvalue weighted by Crippen LogP contribution is -2.41. The van der Waals surface area contributed by atoms with Crippen molar-refractivity contribution in [2.24, 2.45) is 0 Å². The molecule has 1 aromatic rings. The molecule has 1 atom stereocenters. The van der Waals surface area contributed by atoms with Gasteiger partial charge in [-0.2, -0.15) is 0 Å². The van der Waals surface area contributed by atoms with E-state index in [2.05, 4.69) is 5.32 Å². The highest BCUT2D eigenvalue weighted by Crippen LogP contribution is 2.25. The van der Waals surface area contributed by atoms with E-state index < -0.39 is 10.0 Å². The van der Waals surface area contributed by atoms with Gasteiger partial charge < -0.3 is 10.2 Å². The summed E-state index contributed by atoms with van der Waals surface area (Å²) in [6, 6.07) is 6.86. The van der Waals surface area contributed by atoms with E-state index in [4.69, 9.17) is 0 Å². The molecular formula is C16H25N3O3S. The van der Waals surface area contributed by atoms with Crippen LogP contribution in [0.1, 0.15) is 27.2 Å². The summed E-state index contributed by atoms with van der Waals surface area (Å²) in [6.45, 7) is 7.66. The zero-order chi connectivity index (χ0) is 17.0. The number of benzene rings is 1. The van der Waals surface area contributed by atoms with Gasteiger partial charge in [0.15, 0.2) is 0 Å². The third-order valence-electron chi connectivity index (χ3n) is 4.08. The van der Waals surface area contributed by atoms with E-state index in [0.29, 0.717) is 31.7 Å². The second-order valence-electron chi connectivity index (χ2n) is 5.67. The zero-order valence-corrected chi connectivity index (χ0v) is 14.8. The lowest BCUT2D eigenvalue weighted by Gasteiger charge is -2.24. The van der Waals surface area contributed by atoms with Crippen LogP contribution in [0.3, 0.4) is 0 Å². The van der Waals surface area contributed by atoms with E-state index in [9.17, 15) is 13.2 Å². The molecule has 0 radical (unpaired) electrons. The van der Waals surface area contributed by atoms with E-state index in [1.807, 2.05) is 32.9 Å². The maximum Gasteiger partial charge on any atom is 0.244 e. The number of carbonyl (C=O) groups excluding carboxylic acids is 1. The first-order valence-corrected chi connectivity index (χ1v) is 9.65. The Hall–Kier alpha value is -1.76. The van der Waals surface area contributed by atoms with Gasteiger partial charge in [-0.1, -0.05) is 0 Å². The number of carbonyl (C=O) groups is 1. The van der Waals surface area contributed by atoms with Crippen molar-refractivity contribution in [2.45, 2.75) is 33.2 Å². The Balaban J connectivity index is 2.04. The topological polar surface area (TPSA) is 69.7 Å². The van der Waals surface area contributed by atoms with Crippen LogP contribution in [-0.4, -0.2) is 50.7 Å². The van der Waals surface area contributed by atoms with Crippen LogP contribution >= 0.6 is 0 Å². The molecule has 0 bridgehead atoms. The Bertz CT molecular complexity index is 639. The molecule has 23 heavy (non-hydrogen) atoms. The number of nitrogens with one attached hydrogen (secondary N) is 1. The van der Waals surface area contributed by atoms with Crippen molar-refractivity contribution in [2.75, 3.05) is 35.0 Å². The Morgan fingerprint density at radius 2 is 1.87 bits per heavy atom. The minimum atomic E-state index is -3.16. The second-order valence-corrected chi connectivity index (χ2v) is 7.68. The van der Waals surface area contributed by atoms with Gasteiger partial charge in [0.2, 0.25) is 15.9 Å². The molecule has 1 unspecified atom stereocenters.